The first-order valence-corrected chi connectivity index (χ1v) is 8.91. The van der Waals surface area contributed by atoms with Crippen LogP contribution in [0.1, 0.15) is 5.56 Å². The van der Waals surface area contributed by atoms with E-state index in [0.717, 1.165) is 33.7 Å². The molecule has 3 heterocycles. The fraction of sp³-hybridized carbons (Fsp3) is 0.0952. The van der Waals surface area contributed by atoms with Crippen molar-refractivity contribution < 1.29 is 9.47 Å². The zero-order valence-corrected chi connectivity index (χ0v) is 14.9. The van der Waals surface area contributed by atoms with Crippen molar-refractivity contribution in [3.63, 3.8) is 0 Å². The second-order valence-corrected chi connectivity index (χ2v) is 6.31. The van der Waals surface area contributed by atoms with E-state index in [2.05, 4.69) is 25.6 Å². The van der Waals surface area contributed by atoms with E-state index in [4.69, 9.17) is 9.47 Å². The number of pyridine rings is 1. The molecule has 0 atom stereocenters. The molecule has 7 nitrogen and oxygen atoms in total. The molecule has 5 rings (SSSR count). The first kappa shape index (κ1) is 16.3. The molecular formula is C21H17N5O2. The van der Waals surface area contributed by atoms with Crippen LogP contribution in [0.2, 0.25) is 0 Å². The number of benzene rings is 2. The Bertz CT molecular complexity index is 1140. The van der Waals surface area contributed by atoms with Crippen molar-refractivity contribution in [1.29, 1.82) is 0 Å². The van der Waals surface area contributed by atoms with Crippen molar-refractivity contribution in [2.45, 2.75) is 6.54 Å². The highest BCUT2D eigenvalue weighted by atomic mass is 16.7. The van der Waals surface area contributed by atoms with Gasteiger partial charge in [0.15, 0.2) is 11.5 Å². The summed E-state index contributed by atoms with van der Waals surface area (Å²) in [5.74, 6) is 2.77. The Balaban J connectivity index is 1.32. The summed E-state index contributed by atoms with van der Waals surface area (Å²) in [6, 6.07) is 17.7. The lowest BCUT2D eigenvalue weighted by atomic mass is 10.2. The molecule has 7 heteroatoms. The van der Waals surface area contributed by atoms with E-state index in [0.29, 0.717) is 18.3 Å². The molecule has 0 saturated carbocycles. The van der Waals surface area contributed by atoms with E-state index < -0.39 is 0 Å². The molecule has 0 unspecified atom stereocenters. The van der Waals surface area contributed by atoms with Gasteiger partial charge in [0.1, 0.15) is 5.82 Å². The van der Waals surface area contributed by atoms with Crippen LogP contribution in [0.15, 0.2) is 67.0 Å². The van der Waals surface area contributed by atoms with Gasteiger partial charge in [-0.3, -0.25) is 4.98 Å². The van der Waals surface area contributed by atoms with Gasteiger partial charge in [-0.25, -0.2) is 4.98 Å². The van der Waals surface area contributed by atoms with E-state index in [-0.39, 0.29) is 6.79 Å². The highest BCUT2D eigenvalue weighted by molar-refractivity contribution is 5.91. The van der Waals surface area contributed by atoms with Crippen molar-refractivity contribution in [3.05, 3.63) is 72.6 Å². The van der Waals surface area contributed by atoms with Crippen LogP contribution in [0.5, 0.6) is 11.5 Å². The predicted octanol–water partition coefficient (Wildman–Crippen LogP) is 4.11. The Morgan fingerprint density at radius 3 is 2.82 bits per heavy atom. The van der Waals surface area contributed by atoms with Crippen molar-refractivity contribution in [2.75, 3.05) is 17.4 Å². The number of fused-ring (bicyclic) bond motifs is 2. The maximum absolute atomic E-state index is 5.41. The summed E-state index contributed by atoms with van der Waals surface area (Å²) in [7, 11) is 0. The number of nitrogens with zero attached hydrogens (tertiary/aromatic N) is 3. The molecule has 4 aromatic rings. The van der Waals surface area contributed by atoms with Crippen LogP contribution in [-0.4, -0.2) is 21.7 Å². The quantitative estimate of drug-likeness (QED) is 0.546. The average molecular weight is 371 g/mol. The van der Waals surface area contributed by atoms with Gasteiger partial charge in [0, 0.05) is 24.3 Å². The Hall–Kier alpha value is -3.87. The maximum Gasteiger partial charge on any atom is 0.231 e. The molecule has 138 valence electrons. The van der Waals surface area contributed by atoms with Crippen LogP contribution in [0, 0.1) is 0 Å². The summed E-state index contributed by atoms with van der Waals surface area (Å²) < 4.78 is 10.8. The van der Waals surface area contributed by atoms with E-state index in [1.54, 1.807) is 12.4 Å². The van der Waals surface area contributed by atoms with Crippen LogP contribution in [0.25, 0.3) is 10.9 Å². The van der Waals surface area contributed by atoms with Crippen molar-refractivity contribution in [3.8, 4) is 11.5 Å². The first-order chi connectivity index (χ1) is 13.8. The number of para-hydroxylation sites is 1. The van der Waals surface area contributed by atoms with Crippen LogP contribution in [0.4, 0.5) is 17.5 Å². The average Bonchev–Trinajstić information content (AvgIpc) is 3.21. The van der Waals surface area contributed by atoms with E-state index in [1.165, 1.54) is 0 Å². The van der Waals surface area contributed by atoms with E-state index in [1.807, 2.05) is 54.6 Å². The van der Waals surface area contributed by atoms with Gasteiger partial charge in [0.2, 0.25) is 12.7 Å². The Labute approximate surface area is 161 Å². The van der Waals surface area contributed by atoms with Gasteiger partial charge in [-0.05, 0) is 35.9 Å². The molecule has 2 N–H and O–H groups in total. The third-order valence-electron chi connectivity index (χ3n) is 4.44. The molecule has 0 aliphatic carbocycles. The molecule has 0 fully saturated rings. The third kappa shape index (κ3) is 3.25. The molecule has 1 aliphatic rings. The van der Waals surface area contributed by atoms with Crippen LogP contribution in [-0.2, 0) is 6.54 Å². The second-order valence-electron chi connectivity index (χ2n) is 6.31. The largest absolute Gasteiger partial charge is 0.454 e. The molecule has 0 bridgehead atoms. The van der Waals surface area contributed by atoms with Crippen molar-refractivity contribution >= 4 is 28.4 Å². The Morgan fingerprint density at radius 2 is 1.82 bits per heavy atom. The number of hydrogen-bond acceptors (Lipinski definition) is 7. The topological polar surface area (TPSA) is 81.2 Å². The fourth-order valence-electron chi connectivity index (χ4n) is 3.09. The van der Waals surface area contributed by atoms with Gasteiger partial charge in [0.05, 0.1) is 11.2 Å². The minimum absolute atomic E-state index is 0.270. The molecule has 0 amide bonds. The summed E-state index contributed by atoms with van der Waals surface area (Å²) in [5, 5.41) is 7.64. The molecule has 0 saturated heterocycles. The molecule has 1 aliphatic heterocycles. The SMILES string of the molecule is c1cnc2c(Nc3ccnc(NCc4ccc5c(c4)OCO5)n3)cccc2c1. The fourth-order valence-corrected chi connectivity index (χ4v) is 3.09. The number of rotatable bonds is 5. The molecule has 0 spiro atoms. The molecule has 2 aromatic carbocycles. The zero-order chi connectivity index (χ0) is 18.8. The van der Waals surface area contributed by atoms with Crippen LogP contribution in [0.3, 0.4) is 0 Å². The highest BCUT2D eigenvalue weighted by Crippen LogP contribution is 2.32. The van der Waals surface area contributed by atoms with E-state index >= 15 is 0 Å². The molecule has 0 radical (unpaired) electrons. The molecular weight excluding hydrogens is 354 g/mol. The minimum atomic E-state index is 0.270. The third-order valence-corrected chi connectivity index (χ3v) is 4.44. The number of aromatic nitrogens is 3. The van der Waals surface area contributed by atoms with Gasteiger partial charge in [-0.1, -0.05) is 24.3 Å². The minimum Gasteiger partial charge on any atom is -0.454 e. The number of anilines is 3. The Morgan fingerprint density at radius 1 is 0.893 bits per heavy atom. The number of nitrogens with one attached hydrogen (secondary N) is 2. The van der Waals surface area contributed by atoms with Gasteiger partial charge in [-0.15, -0.1) is 0 Å². The molecule has 28 heavy (non-hydrogen) atoms. The van der Waals surface area contributed by atoms with Gasteiger partial charge in [-0.2, -0.15) is 4.98 Å². The maximum atomic E-state index is 5.41. The summed E-state index contributed by atoms with van der Waals surface area (Å²) in [6.45, 7) is 0.849. The first-order valence-electron chi connectivity index (χ1n) is 8.91. The summed E-state index contributed by atoms with van der Waals surface area (Å²) >= 11 is 0. The van der Waals surface area contributed by atoms with Crippen molar-refractivity contribution in [1.82, 2.24) is 15.0 Å². The van der Waals surface area contributed by atoms with Crippen LogP contribution < -0.4 is 20.1 Å². The predicted molar refractivity (Wildman–Crippen MR) is 107 cm³/mol. The Kier molecular flexibility index (Phi) is 4.10. The number of ether oxygens (including phenoxy) is 2. The standard InChI is InChI=1S/C21H17N5O2/c1-3-15-4-2-9-22-20(15)16(5-1)25-19-8-10-23-21(26-19)24-12-14-6-7-17-18(11-14)28-13-27-17/h1-11H,12-13H2,(H2,23,24,25,26). The normalized spacial score (nSPS) is 12.1. The summed E-state index contributed by atoms with van der Waals surface area (Å²) in [5.41, 5.74) is 2.86. The monoisotopic (exact) mass is 371 g/mol. The highest BCUT2D eigenvalue weighted by Gasteiger charge is 2.13. The van der Waals surface area contributed by atoms with E-state index in [9.17, 15) is 0 Å². The van der Waals surface area contributed by atoms with Gasteiger partial charge >= 0.3 is 0 Å². The lowest BCUT2D eigenvalue weighted by molar-refractivity contribution is 0.174. The van der Waals surface area contributed by atoms with Crippen LogP contribution >= 0.6 is 0 Å². The van der Waals surface area contributed by atoms with Gasteiger partial charge < -0.3 is 20.1 Å². The lowest BCUT2D eigenvalue weighted by Crippen LogP contribution is -2.05. The van der Waals surface area contributed by atoms with Crippen molar-refractivity contribution in [2.24, 2.45) is 0 Å². The molecule has 2 aromatic heterocycles. The number of hydrogen-bond donors (Lipinski definition) is 2. The second kappa shape index (κ2) is 7.03. The smallest absolute Gasteiger partial charge is 0.231 e. The summed E-state index contributed by atoms with van der Waals surface area (Å²) in [6.07, 6.45) is 3.50. The lowest BCUT2D eigenvalue weighted by Gasteiger charge is -2.10. The van der Waals surface area contributed by atoms with Gasteiger partial charge in [0.25, 0.3) is 0 Å². The summed E-state index contributed by atoms with van der Waals surface area (Å²) in [4.78, 5) is 13.3. The zero-order valence-electron chi connectivity index (χ0n) is 14.9.